The van der Waals surface area contributed by atoms with E-state index < -0.39 is 0 Å². The topological polar surface area (TPSA) is 46.2 Å². The highest BCUT2D eigenvalue weighted by Crippen LogP contribution is 2.52. The van der Waals surface area contributed by atoms with Gasteiger partial charge in [0.05, 0.1) is 34.5 Å². The van der Waals surface area contributed by atoms with Gasteiger partial charge in [-0.1, -0.05) is 19.9 Å². The summed E-state index contributed by atoms with van der Waals surface area (Å²) in [5.74, 6) is 3.76. The average Bonchev–Trinajstić information content (AvgIpc) is 2.73. The Bertz CT molecular complexity index is 832. The molecular formula is C23H30O5. The van der Waals surface area contributed by atoms with Crippen LogP contribution in [0.15, 0.2) is 30.3 Å². The number of methoxy groups -OCH3 is 5. The van der Waals surface area contributed by atoms with Crippen LogP contribution in [0.3, 0.4) is 0 Å². The summed E-state index contributed by atoms with van der Waals surface area (Å²) in [6.45, 7) is 4.52. The molecule has 0 amide bonds. The first kappa shape index (κ1) is 20.3. The van der Waals surface area contributed by atoms with Gasteiger partial charge in [-0.15, -0.1) is 0 Å². The first-order valence-corrected chi connectivity index (χ1v) is 9.51. The Labute approximate surface area is 167 Å². The van der Waals surface area contributed by atoms with Crippen LogP contribution in [-0.2, 0) is 4.74 Å². The number of ether oxygens (including phenoxy) is 5. The Hall–Kier alpha value is -2.40. The molecule has 0 aliphatic heterocycles. The fourth-order valence-corrected chi connectivity index (χ4v) is 4.44. The Kier molecular flexibility index (Phi) is 6.04. The largest absolute Gasteiger partial charge is 0.493 e. The standard InChI is InChI=1S/C23H30O5/c1-13-14(2)23(28-7)17-12-21(27-6)20(26-5)11-16(17)22(13)15-8-9-18(24-3)19(10-15)25-4/h8-14,22-23H,1-7H3/t13-,14+,22-,23-/m1/s1. The van der Waals surface area contributed by atoms with E-state index in [1.807, 2.05) is 6.07 Å². The molecule has 0 bridgehead atoms. The average molecular weight is 386 g/mol. The van der Waals surface area contributed by atoms with Gasteiger partial charge in [-0.25, -0.2) is 0 Å². The van der Waals surface area contributed by atoms with Gasteiger partial charge in [0.25, 0.3) is 0 Å². The van der Waals surface area contributed by atoms with Gasteiger partial charge in [-0.05, 0) is 52.8 Å². The van der Waals surface area contributed by atoms with Crippen LogP contribution in [0, 0.1) is 11.8 Å². The van der Waals surface area contributed by atoms with Gasteiger partial charge < -0.3 is 23.7 Å². The molecule has 152 valence electrons. The maximum atomic E-state index is 5.90. The molecule has 5 nitrogen and oxygen atoms in total. The molecule has 1 aliphatic carbocycles. The molecule has 3 rings (SSSR count). The molecule has 4 atom stereocenters. The van der Waals surface area contributed by atoms with Crippen LogP contribution in [0.5, 0.6) is 23.0 Å². The van der Waals surface area contributed by atoms with Crippen molar-refractivity contribution < 1.29 is 23.7 Å². The molecule has 0 aromatic heterocycles. The predicted octanol–water partition coefficient (Wildman–Crippen LogP) is 4.83. The van der Waals surface area contributed by atoms with Crippen LogP contribution >= 0.6 is 0 Å². The highest BCUT2D eigenvalue weighted by molar-refractivity contribution is 5.55. The molecule has 5 heteroatoms. The summed E-state index contributed by atoms with van der Waals surface area (Å²) in [7, 11) is 8.41. The minimum Gasteiger partial charge on any atom is -0.493 e. The van der Waals surface area contributed by atoms with Crippen molar-refractivity contribution in [2.75, 3.05) is 35.5 Å². The summed E-state index contributed by atoms with van der Waals surface area (Å²) in [4.78, 5) is 0. The van der Waals surface area contributed by atoms with Gasteiger partial charge in [-0.2, -0.15) is 0 Å². The van der Waals surface area contributed by atoms with E-state index in [-0.39, 0.29) is 12.0 Å². The lowest BCUT2D eigenvalue weighted by atomic mass is 9.66. The maximum absolute atomic E-state index is 5.90. The summed E-state index contributed by atoms with van der Waals surface area (Å²) in [5, 5.41) is 0. The first-order chi connectivity index (χ1) is 13.5. The third-order valence-electron chi connectivity index (χ3n) is 6.08. The van der Waals surface area contributed by atoms with E-state index in [9.17, 15) is 0 Å². The Morgan fingerprint density at radius 1 is 0.607 bits per heavy atom. The number of fused-ring (bicyclic) bond motifs is 1. The van der Waals surface area contributed by atoms with Crippen molar-refractivity contribution >= 4 is 0 Å². The van der Waals surface area contributed by atoms with Crippen molar-refractivity contribution in [2.45, 2.75) is 25.9 Å². The minimum absolute atomic E-state index is 0.00111. The second-order valence-corrected chi connectivity index (χ2v) is 7.30. The van der Waals surface area contributed by atoms with Crippen molar-refractivity contribution in [2.24, 2.45) is 11.8 Å². The second kappa shape index (κ2) is 8.31. The molecule has 0 heterocycles. The van der Waals surface area contributed by atoms with Crippen LogP contribution in [0.2, 0.25) is 0 Å². The summed E-state index contributed by atoms with van der Waals surface area (Å²) >= 11 is 0. The Balaban J connectivity index is 2.22. The van der Waals surface area contributed by atoms with Gasteiger partial charge in [0.1, 0.15) is 0 Å². The van der Waals surface area contributed by atoms with Gasteiger partial charge in [0.15, 0.2) is 23.0 Å². The number of rotatable bonds is 6. The van der Waals surface area contributed by atoms with E-state index in [1.54, 1.807) is 35.5 Å². The SMILES string of the molecule is COc1ccc([C@@H]2c3cc(OC)c(OC)cc3[C@H](OC)[C@@H](C)[C@H]2C)cc1OC. The van der Waals surface area contributed by atoms with Gasteiger partial charge >= 0.3 is 0 Å². The summed E-state index contributed by atoms with van der Waals surface area (Å²) in [5.41, 5.74) is 3.52. The molecule has 0 N–H and O–H groups in total. The second-order valence-electron chi connectivity index (χ2n) is 7.30. The van der Waals surface area contributed by atoms with E-state index in [0.717, 1.165) is 28.6 Å². The highest BCUT2D eigenvalue weighted by Gasteiger charge is 2.40. The first-order valence-electron chi connectivity index (χ1n) is 9.51. The van der Waals surface area contributed by atoms with Crippen molar-refractivity contribution in [1.82, 2.24) is 0 Å². The zero-order valence-corrected chi connectivity index (χ0v) is 17.7. The number of hydrogen-bond acceptors (Lipinski definition) is 5. The van der Waals surface area contributed by atoms with E-state index in [0.29, 0.717) is 11.8 Å². The molecule has 0 fully saturated rings. The molecule has 0 saturated carbocycles. The van der Waals surface area contributed by atoms with Crippen LogP contribution < -0.4 is 18.9 Å². The van der Waals surface area contributed by atoms with Crippen molar-refractivity contribution in [1.29, 1.82) is 0 Å². The van der Waals surface area contributed by atoms with Crippen molar-refractivity contribution in [3.63, 3.8) is 0 Å². The fraction of sp³-hybridized carbons (Fsp3) is 0.478. The Morgan fingerprint density at radius 2 is 1.14 bits per heavy atom. The minimum atomic E-state index is 0.00111. The molecule has 0 unspecified atom stereocenters. The van der Waals surface area contributed by atoms with E-state index in [4.69, 9.17) is 23.7 Å². The summed E-state index contributed by atoms with van der Waals surface area (Å²) < 4.78 is 28.0. The molecule has 2 aromatic carbocycles. The maximum Gasteiger partial charge on any atom is 0.161 e. The van der Waals surface area contributed by atoms with E-state index >= 15 is 0 Å². The molecule has 0 spiro atoms. The van der Waals surface area contributed by atoms with E-state index in [2.05, 4.69) is 38.1 Å². The highest BCUT2D eigenvalue weighted by atomic mass is 16.5. The third-order valence-corrected chi connectivity index (χ3v) is 6.08. The van der Waals surface area contributed by atoms with Crippen LogP contribution in [0.4, 0.5) is 0 Å². The van der Waals surface area contributed by atoms with Crippen LogP contribution in [0.25, 0.3) is 0 Å². The normalized spacial score (nSPS) is 23.7. The van der Waals surface area contributed by atoms with Crippen LogP contribution in [-0.4, -0.2) is 35.5 Å². The van der Waals surface area contributed by atoms with Gasteiger partial charge in [0.2, 0.25) is 0 Å². The molecular weight excluding hydrogens is 356 g/mol. The summed E-state index contributed by atoms with van der Waals surface area (Å²) in [6.07, 6.45) is 0.00111. The lowest BCUT2D eigenvalue weighted by Gasteiger charge is -2.41. The van der Waals surface area contributed by atoms with Crippen LogP contribution in [0.1, 0.15) is 42.6 Å². The summed E-state index contributed by atoms with van der Waals surface area (Å²) in [6, 6.07) is 10.3. The predicted molar refractivity (Wildman–Crippen MR) is 109 cm³/mol. The molecule has 0 radical (unpaired) electrons. The van der Waals surface area contributed by atoms with Crippen molar-refractivity contribution in [3.8, 4) is 23.0 Å². The quantitative estimate of drug-likeness (QED) is 0.712. The van der Waals surface area contributed by atoms with E-state index in [1.165, 1.54) is 11.1 Å². The zero-order valence-electron chi connectivity index (χ0n) is 17.7. The molecule has 0 saturated heterocycles. The molecule has 28 heavy (non-hydrogen) atoms. The Morgan fingerprint density at radius 3 is 1.68 bits per heavy atom. The lowest BCUT2D eigenvalue weighted by molar-refractivity contribution is 0.0228. The number of benzene rings is 2. The smallest absolute Gasteiger partial charge is 0.161 e. The monoisotopic (exact) mass is 386 g/mol. The van der Waals surface area contributed by atoms with Gasteiger partial charge in [0, 0.05) is 13.0 Å². The third kappa shape index (κ3) is 3.28. The van der Waals surface area contributed by atoms with Crippen molar-refractivity contribution in [3.05, 3.63) is 47.0 Å². The van der Waals surface area contributed by atoms with Gasteiger partial charge in [-0.3, -0.25) is 0 Å². The zero-order chi connectivity index (χ0) is 20.4. The lowest BCUT2D eigenvalue weighted by Crippen LogP contribution is -2.31. The fourth-order valence-electron chi connectivity index (χ4n) is 4.44. The molecule has 2 aromatic rings. The number of hydrogen-bond donors (Lipinski definition) is 0. The molecule has 1 aliphatic rings.